The Morgan fingerprint density at radius 1 is 1.23 bits per heavy atom. The number of hydrogen-bond acceptors (Lipinski definition) is 2. The van der Waals surface area contributed by atoms with E-state index in [1.165, 1.54) is 32.4 Å². The van der Waals surface area contributed by atoms with E-state index in [1.807, 2.05) is 0 Å². The maximum absolute atomic E-state index is 2.64. The molecule has 0 bridgehead atoms. The van der Waals surface area contributed by atoms with Crippen molar-refractivity contribution in [3.05, 3.63) is 0 Å². The summed E-state index contributed by atoms with van der Waals surface area (Å²) in [5.41, 5.74) is 0. The van der Waals surface area contributed by atoms with Crippen LogP contribution in [-0.4, -0.2) is 49.1 Å². The fourth-order valence-electron chi connectivity index (χ4n) is 3.20. The van der Waals surface area contributed by atoms with Crippen molar-refractivity contribution in [1.82, 2.24) is 9.80 Å². The van der Waals surface area contributed by atoms with Crippen molar-refractivity contribution in [2.45, 2.75) is 38.3 Å². The van der Waals surface area contributed by atoms with Crippen molar-refractivity contribution >= 4 is 0 Å². The molecule has 0 saturated carbocycles. The van der Waals surface area contributed by atoms with Crippen LogP contribution in [0.5, 0.6) is 0 Å². The highest BCUT2D eigenvalue weighted by Gasteiger charge is 2.42. The Hall–Kier alpha value is -0.0800. The third-order valence-electron chi connectivity index (χ3n) is 3.88. The van der Waals surface area contributed by atoms with Crippen molar-refractivity contribution in [2.24, 2.45) is 5.92 Å². The topological polar surface area (TPSA) is 6.48 Å². The van der Waals surface area contributed by atoms with Gasteiger partial charge in [0.2, 0.25) is 0 Å². The van der Waals surface area contributed by atoms with Gasteiger partial charge >= 0.3 is 0 Å². The minimum Gasteiger partial charge on any atom is -0.304 e. The van der Waals surface area contributed by atoms with Crippen LogP contribution in [0.4, 0.5) is 0 Å². The molecular formula is C11H22N2. The quantitative estimate of drug-likeness (QED) is 0.637. The average molecular weight is 182 g/mol. The van der Waals surface area contributed by atoms with Crippen LogP contribution in [0.1, 0.15) is 26.2 Å². The second kappa shape index (κ2) is 3.58. The number of likely N-dealkylation sites (N-methyl/N-ethyl adjacent to an activating group) is 2. The highest BCUT2D eigenvalue weighted by atomic mass is 15.3. The molecule has 2 saturated heterocycles. The molecular weight excluding hydrogens is 160 g/mol. The first-order valence-electron chi connectivity index (χ1n) is 5.62. The van der Waals surface area contributed by atoms with Gasteiger partial charge in [0.05, 0.1) is 0 Å². The summed E-state index contributed by atoms with van der Waals surface area (Å²) >= 11 is 0. The van der Waals surface area contributed by atoms with Gasteiger partial charge in [-0.3, -0.25) is 4.90 Å². The van der Waals surface area contributed by atoms with Gasteiger partial charge in [-0.2, -0.15) is 0 Å². The number of fused-ring (bicyclic) bond motifs is 1. The first-order chi connectivity index (χ1) is 6.22. The third kappa shape index (κ3) is 1.62. The van der Waals surface area contributed by atoms with E-state index in [9.17, 15) is 0 Å². The lowest BCUT2D eigenvalue weighted by Crippen LogP contribution is -2.36. The van der Waals surface area contributed by atoms with E-state index >= 15 is 0 Å². The first-order valence-corrected chi connectivity index (χ1v) is 5.62. The Bertz CT molecular complexity index is 181. The number of likely N-dealkylation sites (tertiary alicyclic amines) is 2. The van der Waals surface area contributed by atoms with Gasteiger partial charge in [-0.1, -0.05) is 13.3 Å². The molecule has 0 radical (unpaired) electrons. The largest absolute Gasteiger partial charge is 0.304 e. The Kier molecular flexibility index (Phi) is 2.61. The molecule has 2 heteroatoms. The minimum atomic E-state index is 0.863. The zero-order valence-electron chi connectivity index (χ0n) is 9.16. The van der Waals surface area contributed by atoms with Crippen LogP contribution in [0.25, 0.3) is 0 Å². The number of nitrogens with zero attached hydrogens (tertiary/aromatic N) is 2. The molecule has 0 amide bonds. The fourth-order valence-corrected chi connectivity index (χ4v) is 3.20. The molecule has 0 N–H and O–H groups in total. The molecule has 76 valence electrons. The monoisotopic (exact) mass is 182 g/mol. The predicted octanol–water partition coefficient (Wildman–Crippen LogP) is 1.42. The highest BCUT2D eigenvalue weighted by molar-refractivity contribution is 4.98. The van der Waals surface area contributed by atoms with Gasteiger partial charge in [0.1, 0.15) is 0 Å². The highest BCUT2D eigenvalue weighted by Crippen LogP contribution is 2.35. The average Bonchev–Trinajstić information content (AvgIpc) is 2.54. The Morgan fingerprint density at radius 3 is 2.62 bits per heavy atom. The summed E-state index contributed by atoms with van der Waals surface area (Å²) < 4.78 is 0. The standard InChI is InChI=1S/C11H22N2/c1-4-5-10-6-9-7-12(2)8-11(9)13(10)3/h9-11H,4-8H2,1-3H3. The summed E-state index contributed by atoms with van der Waals surface area (Å²) in [7, 11) is 4.57. The first kappa shape index (κ1) is 9.47. The summed E-state index contributed by atoms with van der Waals surface area (Å²) in [4.78, 5) is 5.12. The molecule has 0 aromatic rings. The Labute approximate surface area is 81.9 Å². The van der Waals surface area contributed by atoms with Crippen molar-refractivity contribution < 1.29 is 0 Å². The van der Waals surface area contributed by atoms with E-state index in [-0.39, 0.29) is 0 Å². The van der Waals surface area contributed by atoms with Gasteiger partial charge in [0, 0.05) is 25.2 Å². The molecule has 0 aliphatic carbocycles. The number of rotatable bonds is 2. The van der Waals surface area contributed by atoms with Gasteiger partial charge in [0.25, 0.3) is 0 Å². The van der Waals surface area contributed by atoms with E-state index in [4.69, 9.17) is 0 Å². The summed E-state index contributed by atoms with van der Waals surface area (Å²) in [6.45, 7) is 4.92. The maximum atomic E-state index is 2.64. The van der Waals surface area contributed by atoms with Crippen LogP contribution >= 0.6 is 0 Å². The lowest BCUT2D eigenvalue weighted by Gasteiger charge is -2.25. The van der Waals surface area contributed by atoms with Gasteiger partial charge < -0.3 is 4.90 Å². The van der Waals surface area contributed by atoms with Crippen LogP contribution < -0.4 is 0 Å². The Morgan fingerprint density at radius 2 is 2.00 bits per heavy atom. The maximum Gasteiger partial charge on any atom is 0.0263 e. The molecule has 0 spiro atoms. The summed E-state index contributed by atoms with van der Waals surface area (Å²) in [6.07, 6.45) is 4.18. The molecule has 2 rings (SSSR count). The van der Waals surface area contributed by atoms with Crippen LogP contribution in [-0.2, 0) is 0 Å². The smallest absolute Gasteiger partial charge is 0.0263 e. The molecule has 2 aliphatic rings. The van der Waals surface area contributed by atoms with E-state index in [1.54, 1.807) is 0 Å². The molecule has 3 atom stereocenters. The van der Waals surface area contributed by atoms with Gasteiger partial charge in [-0.25, -0.2) is 0 Å². The predicted molar refractivity (Wildman–Crippen MR) is 55.9 cm³/mol. The molecule has 0 aromatic heterocycles. The third-order valence-corrected chi connectivity index (χ3v) is 3.88. The second-order valence-electron chi connectivity index (χ2n) is 4.89. The van der Waals surface area contributed by atoms with Crippen LogP contribution in [0.3, 0.4) is 0 Å². The van der Waals surface area contributed by atoms with Crippen molar-refractivity contribution in [3.63, 3.8) is 0 Å². The van der Waals surface area contributed by atoms with Gasteiger partial charge in [-0.15, -0.1) is 0 Å². The SMILES string of the molecule is CCCC1CC2CN(C)CC2N1C. The van der Waals surface area contributed by atoms with Crippen LogP contribution in [0, 0.1) is 5.92 Å². The van der Waals surface area contributed by atoms with E-state index in [2.05, 4.69) is 30.8 Å². The van der Waals surface area contributed by atoms with Crippen molar-refractivity contribution in [1.29, 1.82) is 0 Å². The van der Waals surface area contributed by atoms with Crippen molar-refractivity contribution in [2.75, 3.05) is 27.2 Å². The van der Waals surface area contributed by atoms with Gasteiger partial charge in [-0.05, 0) is 32.9 Å². The fraction of sp³-hybridized carbons (Fsp3) is 1.00. The summed E-state index contributed by atoms with van der Waals surface area (Å²) in [5.74, 6) is 0.964. The minimum absolute atomic E-state index is 0.863. The molecule has 0 aromatic carbocycles. The molecule has 2 aliphatic heterocycles. The van der Waals surface area contributed by atoms with Crippen LogP contribution in [0.2, 0.25) is 0 Å². The zero-order chi connectivity index (χ0) is 9.42. The molecule has 13 heavy (non-hydrogen) atoms. The second-order valence-corrected chi connectivity index (χ2v) is 4.89. The number of hydrogen-bond donors (Lipinski definition) is 0. The van der Waals surface area contributed by atoms with E-state index in [0.717, 1.165) is 18.0 Å². The zero-order valence-corrected chi connectivity index (χ0v) is 9.16. The molecule has 2 nitrogen and oxygen atoms in total. The van der Waals surface area contributed by atoms with Crippen molar-refractivity contribution in [3.8, 4) is 0 Å². The summed E-state index contributed by atoms with van der Waals surface area (Å²) in [6, 6.07) is 1.75. The molecule has 2 fully saturated rings. The lowest BCUT2D eigenvalue weighted by atomic mass is 10.0. The Balaban J connectivity index is 1.96. The lowest BCUT2D eigenvalue weighted by molar-refractivity contribution is 0.213. The van der Waals surface area contributed by atoms with E-state index < -0.39 is 0 Å². The normalized spacial score (nSPS) is 41.3. The molecule has 3 unspecified atom stereocenters. The molecule has 2 heterocycles. The van der Waals surface area contributed by atoms with Gasteiger partial charge in [0.15, 0.2) is 0 Å². The van der Waals surface area contributed by atoms with Crippen LogP contribution in [0.15, 0.2) is 0 Å². The van der Waals surface area contributed by atoms with E-state index in [0.29, 0.717) is 0 Å². The summed E-state index contributed by atoms with van der Waals surface area (Å²) in [5, 5.41) is 0.